The monoisotopic (exact) mass is 354 g/mol. The van der Waals surface area contributed by atoms with Gasteiger partial charge in [-0.25, -0.2) is 14.4 Å². The molecule has 0 saturated heterocycles. The average molecular weight is 354 g/mol. The number of hydrogen-bond acceptors (Lipinski definition) is 7. The quantitative estimate of drug-likeness (QED) is 0.510. The Labute approximate surface area is 143 Å². The summed E-state index contributed by atoms with van der Waals surface area (Å²) in [5, 5.41) is 10.7. The molecule has 8 nitrogen and oxygen atoms in total. The fourth-order valence-electron chi connectivity index (χ4n) is 2.69. The van der Waals surface area contributed by atoms with Crippen molar-refractivity contribution in [2.45, 2.75) is 12.8 Å². The number of aliphatic imine (C=N–C) groups is 1. The molecule has 9 heteroatoms. The van der Waals surface area contributed by atoms with Gasteiger partial charge in [-0.2, -0.15) is 0 Å². The zero-order valence-electron chi connectivity index (χ0n) is 12.9. The number of nitrogens with zero attached hydrogens (tertiary/aromatic N) is 4. The van der Waals surface area contributed by atoms with E-state index < -0.39 is 16.0 Å². The largest absolute Gasteiger partial charge is 0.277 e. The summed E-state index contributed by atoms with van der Waals surface area (Å²) in [6, 6.07) is 5.81. The second kappa shape index (κ2) is 5.42. The molecule has 0 fully saturated rings. The van der Waals surface area contributed by atoms with Crippen molar-refractivity contribution in [2.75, 3.05) is 0 Å². The van der Waals surface area contributed by atoms with Crippen molar-refractivity contribution in [3.05, 3.63) is 70.7 Å². The highest BCUT2D eigenvalue weighted by molar-refractivity contribution is 7.15. The number of aromatic nitrogens is 2. The lowest BCUT2D eigenvalue weighted by molar-refractivity contribution is -0.384. The lowest BCUT2D eigenvalue weighted by Gasteiger charge is -2.00. The summed E-state index contributed by atoms with van der Waals surface area (Å²) < 4.78 is 1.39. The van der Waals surface area contributed by atoms with Crippen LogP contribution >= 0.6 is 11.3 Å². The van der Waals surface area contributed by atoms with E-state index in [1.807, 2.05) is 6.92 Å². The predicted octanol–water partition coefficient (Wildman–Crippen LogP) is 1.39. The standard InChI is InChI=1S/C16H10N4O4S/c1-8-7-17-13-12(8)15(22)19-14(21)11(25-16(19)18-13)6-9-2-4-10(5-3-9)20(23)24/h2-8H,1H3/b11-6-/t8-/m1/s1. The molecular formula is C16H10N4O4S. The normalized spacial score (nSPS) is 16.5. The summed E-state index contributed by atoms with van der Waals surface area (Å²) in [4.78, 5) is 44.1. The number of thiazole rings is 1. The van der Waals surface area contributed by atoms with Crippen LogP contribution in [0.15, 0.2) is 38.8 Å². The minimum absolute atomic E-state index is 0.0306. The second-order valence-electron chi connectivity index (χ2n) is 5.60. The lowest BCUT2D eigenvalue weighted by Crippen LogP contribution is -2.32. The average Bonchev–Trinajstić information content (AvgIpc) is 3.09. The van der Waals surface area contributed by atoms with Crippen LogP contribution in [0.2, 0.25) is 0 Å². The van der Waals surface area contributed by atoms with E-state index in [0.717, 1.165) is 15.7 Å². The molecule has 0 spiro atoms. The minimum Gasteiger partial charge on any atom is -0.268 e. The van der Waals surface area contributed by atoms with E-state index in [4.69, 9.17) is 0 Å². The van der Waals surface area contributed by atoms with Gasteiger partial charge in [-0.3, -0.25) is 19.7 Å². The van der Waals surface area contributed by atoms with Gasteiger partial charge in [0.1, 0.15) is 0 Å². The van der Waals surface area contributed by atoms with Crippen LogP contribution in [-0.4, -0.2) is 20.5 Å². The van der Waals surface area contributed by atoms with E-state index >= 15 is 0 Å². The van der Waals surface area contributed by atoms with E-state index in [0.29, 0.717) is 21.5 Å². The van der Waals surface area contributed by atoms with Gasteiger partial charge < -0.3 is 0 Å². The molecule has 1 atom stereocenters. The third kappa shape index (κ3) is 2.36. The Balaban J connectivity index is 1.92. The van der Waals surface area contributed by atoms with Crippen molar-refractivity contribution in [1.82, 2.24) is 9.38 Å². The zero-order chi connectivity index (χ0) is 17.7. The predicted molar refractivity (Wildman–Crippen MR) is 94.1 cm³/mol. The van der Waals surface area contributed by atoms with Crippen molar-refractivity contribution in [2.24, 2.45) is 4.99 Å². The Kier molecular flexibility index (Phi) is 3.32. The maximum absolute atomic E-state index is 12.6. The van der Waals surface area contributed by atoms with Crippen LogP contribution in [0.25, 0.3) is 11.0 Å². The Morgan fingerprint density at radius 3 is 2.64 bits per heavy atom. The fourth-order valence-corrected chi connectivity index (χ4v) is 3.65. The summed E-state index contributed by atoms with van der Waals surface area (Å²) >= 11 is 1.09. The molecule has 3 heterocycles. The molecule has 0 aliphatic carbocycles. The van der Waals surface area contributed by atoms with E-state index in [2.05, 4.69) is 9.98 Å². The summed E-state index contributed by atoms with van der Waals surface area (Å²) in [6.45, 7) is 1.82. The number of nitro groups is 1. The van der Waals surface area contributed by atoms with Crippen LogP contribution in [0.3, 0.4) is 0 Å². The molecule has 1 aliphatic rings. The van der Waals surface area contributed by atoms with Gasteiger partial charge in [-0.05, 0) is 23.8 Å². The minimum atomic E-state index is -0.491. The van der Waals surface area contributed by atoms with E-state index in [1.165, 1.54) is 12.1 Å². The van der Waals surface area contributed by atoms with E-state index in [-0.39, 0.29) is 16.6 Å². The Morgan fingerprint density at radius 2 is 1.96 bits per heavy atom. The molecule has 0 N–H and O–H groups in total. The number of nitro benzene ring substituents is 1. The second-order valence-corrected chi connectivity index (χ2v) is 6.61. The zero-order valence-corrected chi connectivity index (χ0v) is 13.7. The van der Waals surface area contributed by atoms with Crippen LogP contribution < -0.4 is 15.7 Å². The molecule has 0 radical (unpaired) electrons. The van der Waals surface area contributed by atoms with Gasteiger partial charge in [0.15, 0.2) is 5.82 Å². The number of benzene rings is 1. The van der Waals surface area contributed by atoms with Gasteiger partial charge in [-0.15, -0.1) is 0 Å². The van der Waals surface area contributed by atoms with Crippen LogP contribution in [0.5, 0.6) is 0 Å². The van der Waals surface area contributed by atoms with Crippen LogP contribution in [0.4, 0.5) is 11.5 Å². The fraction of sp³-hybridized carbons (Fsp3) is 0.125. The first-order chi connectivity index (χ1) is 12.0. The highest BCUT2D eigenvalue weighted by atomic mass is 32.1. The molecule has 0 saturated carbocycles. The topological polar surface area (TPSA) is 107 Å². The summed E-state index contributed by atoms with van der Waals surface area (Å²) in [5.41, 5.74) is 0.180. The molecule has 1 aromatic carbocycles. The van der Waals surface area contributed by atoms with Gasteiger partial charge in [0, 0.05) is 24.3 Å². The first kappa shape index (κ1) is 15.3. The summed E-state index contributed by atoms with van der Waals surface area (Å²) in [5.74, 6) is 0.189. The molecule has 0 bridgehead atoms. The van der Waals surface area contributed by atoms with Crippen LogP contribution in [-0.2, 0) is 0 Å². The molecule has 0 amide bonds. The number of fused-ring (bicyclic) bond motifs is 2. The van der Waals surface area contributed by atoms with Crippen molar-refractivity contribution in [1.29, 1.82) is 0 Å². The number of non-ortho nitro benzene ring substituents is 1. The van der Waals surface area contributed by atoms with E-state index in [1.54, 1.807) is 24.4 Å². The van der Waals surface area contributed by atoms with Crippen molar-refractivity contribution in [3.8, 4) is 0 Å². The molecule has 4 rings (SSSR count). The van der Waals surface area contributed by atoms with Crippen molar-refractivity contribution >= 4 is 40.1 Å². The first-order valence-electron chi connectivity index (χ1n) is 7.35. The Bertz CT molecular complexity index is 1220. The van der Waals surface area contributed by atoms with Crippen LogP contribution in [0.1, 0.15) is 24.0 Å². The maximum Gasteiger partial charge on any atom is 0.277 e. The SMILES string of the molecule is C[C@@H]1C=Nc2nc3s/c(=C\c4ccc([N+](=O)[O-])cc4)c(=O)n3c(=O)c21. The van der Waals surface area contributed by atoms with Crippen LogP contribution in [0, 0.1) is 10.1 Å². The van der Waals surface area contributed by atoms with Gasteiger partial charge in [0.25, 0.3) is 16.8 Å². The molecule has 1 aliphatic heterocycles. The van der Waals surface area contributed by atoms with Crippen molar-refractivity contribution in [3.63, 3.8) is 0 Å². The highest BCUT2D eigenvalue weighted by Crippen LogP contribution is 2.26. The molecule has 3 aromatic rings. The van der Waals surface area contributed by atoms with Gasteiger partial charge in [0.2, 0.25) is 4.96 Å². The molecule has 25 heavy (non-hydrogen) atoms. The third-order valence-corrected chi connectivity index (χ3v) is 4.93. The molecule has 124 valence electrons. The molecular weight excluding hydrogens is 344 g/mol. The third-order valence-electron chi connectivity index (χ3n) is 3.96. The maximum atomic E-state index is 12.6. The summed E-state index contributed by atoms with van der Waals surface area (Å²) in [7, 11) is 0. The highest BCUT2D eigenvalue weighted by Gasteiger charge is 2.23. The van der Waals surface area contributed by atoms with Gasteiger partial charge >= 0.3 is 0 Å². The Morgan fingerprint density at radius 1 is 1.24 bits per heavy atom. The molecule has 2 aromatic heterocycles. The van der Waals surface area contributed by atoms with Gasteiger partial charge in [-0.1, -0.05) is 18.3 Å². The van der Waals surface area contributed by atoms with E-state index in [9.17, 15) is 19.7 Å². The summed E-state index contributed by atoms with van der Waals surface area (Å²) in [6.07, 6.45) is 3.22. The number of hydrogen-bond donors (Lipinski definition) is 0. The molecule has 0 unspecified atom stereocenters. The number of rotatable bonds is 2. The van der Waals surface area contributed by atoms with Crippen molar-refractivity contribution < 1.29 is 4.92 Å². The lowest BCUT2D eigenvalue weighted by atomic mass is 10.1. The first-order valence-corrected chi connectivity index (χ1v) is 8.17. The Hall–Kier alpha value is -3.20. The smallest absolute Gasteiger partial charge is 0.268 e. The van der Waals surface area contributed by atoms with Gasteiger partial charge in [0.05, 0.1) is 15.0 Å².